The second kappa shape index (κ2) is 7.57. The molecule has 4 rings (SSSR count). The molecule has 28 heavy (non-hydrogen) atoms. The van der Waals surface area contributed by atoms with E-state index in [4.69, 9.17) is 4.42 Å². The molecule has 2 heterocycles. The summed E-state index contributed by atoms with van der Waals surface area (Å²) in [6, 6.07) is 10.8. The van der Waals surface area contributed by atoms with Gasteiger partial charge in [-0.15, -0.1) is 11.3 Å². The number of nitrogens with one attached hydrogen (secondary N) is 1. The van der Waals surface area contributed by atoms with Crippen molar-refractivity contribution < 1.29 is 13.6 Å². The van der Waals surface area contributed by atoms with Gasteiger partial charge in [0.1, 0.15) is 11.4 Å². The number of carbonyl (C=O) groups excluding carboxylic acids is 1. The van der Waals surface area contributed by atoms with Gasteiger partial charge in [-0.1, -0.05) is 15.9 Å². The Hall–Kier alpha value is -2.36. The third-order valence-corrected chi connectivity index (χ3v) is 5.67. The highest BCUT2D eigenvalue weighted by Crippen LogP contribution is 2.29. The number of benzene rings is 2. The summed E-state index contributed by atoms with van der Waals surface area (Å²) in [5.74, 6) is -0.958. The van der Waals surface area contributed by atoms with Crippen molar-refractivity contribution in [3.63, 3.8) is 0 Å². The van der Waals surface area contributed by atoms with Crippen LogP contribution in [0, 0.1) is 5.82 Å². The highest BCUT2D eigenvalue weighted by molar-refractivity contribution is 9.11. The van der Waals surface area contributed by atoms with Crippen LogP contribution in [0.25, 0.3) is 22.2 Å². The fourth-order valence-electron chi connectivity index (χ4n) is 2.56. The SMILES string of the molecule is O=C(Nc1nc(-c2ccc(F)cc2)cs1)c1cc2cc(Br)cc(Br)c2oc1=O. The molecule has 1 N–H and O–H groups in total. The van der Waals surface area contributed by atoms with Crippen molar-refractivity contribution in [1.82, 2.24) is 4.98 Å². The van der Waals surface area contributed by atoms with Crippen LogP contribution in [0.4, 0.5) is 9.52 Å². The summed E-state index contributed by atoms with van der Waals surface area (Å²) < 4.78 is 19.7. The molecule has 9 heteroatoms. The van der Waals surface area contributed by atoms with Crippen LogP contribution in [0.15, 0.2) is 66.0 Å². The Morgan fingerprint density at radius 2 is 1.89 bits per heavy atom. The molecule has 0 saturated carbocycles. The molecule has 140 valence electrons. The van der Waals surface area contributed by atoms with Gasteiger partial charge < -0.3 is 4.42 Å². The zero-order valence-electron chi connectivity index (χ0n) is 13.8. The minimum atomic E-state index is -0.747. The van der Waals surface area contributed by atoms with Crippen molar-refractivity contribution >= 4 is 65.2 Å². The van der Waals surface area contributed by atoms with Crippen LogP contribution in [0.1, 0.15) is 10.4 Å². The largest absolute Gasteiger partial charge is 0.421 e. The maximum atomic E-state index is 13.0. The van der Waals surface area contributed by atoms with E-state index in [1.165, 1.54) is 29.5 Å². The number of anilines is 1. The minimum Gasteiger partial charge on any atom is -0.421 e. The van der Waals surface area contributed by atoms with E-state index < -0.39 is 11.5 Å². The van der Waals surface area contributed by atoms with E-state index in [2.05, 4.69) is 42.2 Å². The summed E-state index contributed by atoms with van der Waals surface area (Å²) in [6.07, 6.45) is 0. The van der Waals surface area contributed by atoms with Gasteiger partial charge in [-0.05, 0) is 58.4 Å². The standard InChI is InChI=1S/C19H9Br2FN2O3S/c20-11-5-10-6-13(18(26)27-16(10)14(21)7-11)17(25)24-19-23-15(8-28-19)9-1-3-12(22)4-2-9/h1-8H,(H,23,24,25). The van der Waals surface area contributed by atoms with Crippen LogP contribution >= 0.6 is 43.2 Å². The predicted octanol–water partition coefficient (Wildman–Crippen LogP) is 5.83. The average Bonchev–Trinajstić information content (AvgIpc) is 3.11. The second-order valence-electron chi connectivity index (χ2n) is 5.75. The van der Waals surface area contributed by atoms with Crippen LogP contribution < -0.4 is 10.9 Å². The first-order valence-corrected chi connectivity index (χ1v) is 10.3. The fourth-order valence-corrected chi connectivity index (χ4v) is 4.62. The lowest BCUT2D eigenvalue weighted by Gasteiger charge is -2.04. The van der Waals surface area contributed by atoms with E-state index in [-0.39, 0.29) is 11.4 Å². The Kier molecular flexibility index (Phi) is 5.13. The molecule has 5 nitrogen and oxygen atoms in total. The molecule has 4 aromatic rings. The lowest BCUT2D eigenvalue weighted by Crippen LogP contribution is -2.20. The summed E-state index contributed by atoms with van der Waals surface area (Å²) in [5.41, 5.74) is 0.800. The maximum absolute atomic E-state index is 13.0. The van der Waals surface area contributed by atoms with E-state index in [1.54, 1.807) is 29.6 Å². The number of hydrogen-bond acceptors (Lipinski definition) is 5. The number of carbonyl (C=O) groups is 1. The Labute approximate surface area is 178 Å². The number of nitrogens with zero attached hydrogens (tertiary/aromatic N) is 1. The Bertz CT molecular complexity index is 1270. The van der Waals surface area contributed by atoms with Gasteiger partial charge in [-0.3, -0.25) is 10.1 Å². The van der Waals surface area contributed by atoms with Gasteiger partial charge in [0.15, 0.2) is 10.7 Å². The molecule has 2 aromatic carbocycles. The molecular formula is C19H9Br2FN2O3S. The molecule has 0 atom stereocenters. The van der Waals surface area contributed by atoms with Gasteiger partial charge in [0.25, 0.3) is 5.91 Å². The number of thiazole rings is 1. The quantitative estimate of drug-likeness (QED) is 0.343. The van der Waals surface area contributed by atoms with E-state index in [0.717, 1.165) is 10.0 Å². The third-order valence-electron chi connectivity index (χ3n) is 3.86. The Morgan fingerprint density at radius 3 is 2.64 bits per heavy atom. The molecule has 2 aromatic heterocycles. The van der Waals surface area contributed by atoms with Crippen molar-refractivity contribution in [2.45, 2.75) is 0 Å². The first kappa shape index (κ1) is 19.0. The van der Waals surface area contributed by atoms with Gasteiger partial charge in [-0.25, -0.2) is 14.2 Å². The molecule has 0 unspecified atom stereocenters. The first-order valence-electron chi connectivity index (χ1n) is 7.86. The molecule has 0 aliphatic carbocycles. The van der Waals surface area contributed by atoms with Gasteiger partial charge in [0, 0.05) is 20.8 Å². The molecule has 0 spiro atoms. The number of rotatable bonds is 3. The topological polar surface area (TPSA) is 72.2 Å². The molecule has 1 amide bonds. The number of aromatic nitrogens is 1. The van der Waals surface area contributed by atoms with Crippen LogP contribution in [0.2, 0.25) is 0 Å². The molecule has 0 aliphatic rings. The third kappa shape index (κ3) is 3.78. The average molecular weight is 524 g/mol. The van der Waals surface area contributed by atoms with Crippen molar-refractivity contribution in [3.05, 3.63) is 78.6 Å². The van der Waals surface area contributed by atoms with Gasteiger partial charge in [0.05, 0.1) is 10.2 Å². The first-order chi connectivity index (χ1) is 13.4. The van der Waals surface area contributed by atoms with Gasteiger partial charge >= 0.3 is 5.63 Å². The smallest absolute Gasteiger partial charge is 0.349 e. The summed E-state index contributed by atoms with van der Waals surface area (Å²) in [4.78, 5) is 29.1. The highest BCUT2D eigenvalue weighted by atomic mass is 79.9. The highest BCUT2D eigenvalue weighted by Gasteiger charge is 2.17. The van der Waals surface area contributed by atoms with E-state index >= 15 is 0 Å². The number of fused-ring (bicyclic) bond motifs is 1. The summed E-state index contributed by atoms with van der Waals surface area (Å²) in [7, 11) is 0. The van der Waals surface area contributed by atoms with Crippen LogP contribution in [-0.4, -0.2) is 10.9 Å². The zero-order chi connectivity index (χ0) is 19.8. The molecule has 0 saturated heterocycles. The number of halogens is 3. The van der Waals surface area contributed by atoms with Gasteiger partial charge in [-0.2, -0.15) is 0 Å². The van der Waals surface area contributed by atoms with Crippen molar-refractivity contribution in [2.24, 2.45) is 0 Å². The predicted molar refractivity (Wildman–Crippen MR) is 113 cm³/mol. The van der Waals surface area contributed by atoms with E-state index in [0.29, 0.717) is 26.3 Å². The van der Waals surface area contributed by atoms with E-state index in [1.807, 2.05) is 0 Å². The van der Waals surface area contributed by atoms with Gasteiger partial charge in [0.2, 0.25) is 0 Å². The summed E-state index contributed by atoms with van der Waals surface area (Å²) >= 11 is 7.90. The lowest BCUT2D eigenvalue weighted by atomic mass is 10.2. The fraction of sp³-hybridized carbons (Fsp3) is 0. The molecule has 0 aliphatic heterocycles. The van der Waals surface area contributed by atoms with Crippen molar-refractivity contribution in [3.8, 4) is 11.3 Å². The normalized spacial score (nSPS) is 11.0. The number of hydrogen-bond donors (Lipinski definition) is 1. The number of amides is 1. The Balaban J connectivity index is 1.63. The monoisotopic (exact) mass is 522 g/mol. The van der Waals surface area contributed by atoms with Crippen molar-refractivity contribution in [2.75, 3.05) is 5.32 Å². The van der Waals surface area contributed by atoms with Crippen LogP contribution in [-0.2, 0) is 0 Å². The lowest BCUT2D eigenvalue weighted by molar-refractivity contribution is 0.102. The summed E-state index contributed by atoms with van der Waals surface area (Å²) in [6.45, 7) is 0. The maximum Gasteiger partial charge on any atom is 0.349 e. The summed E-state index contributed by atoms with van der Waals surface area (Å²) in [5, 5.41) is 5.25. The Morgan fingerprint density at radius 1 is 1.14 bits per heavy atom. The second-order valence-corrected chi connectivity index (χ2v) is 8.38. The van der Waals surface area contributed by atoms with Crippen molar-refractivity contribution in [1.29, 1.82) is 0 Å². The van der Waals surface area contributed by atoms with Crippen LogP contribution in [0.5, 0.6) is 0 Å². The van der Waals surface area contributed by atoms with E-state index in [9.17, 15) is 14.0 Å². The zero-order valence-corrected chi connectivity index (χ0v) is 17.8. The van der Waals surface area contributed by atoms with Crippen LogP contribution in [0.3, 0.4) is 0 Å². The minimum absolute atomic E-state index is 0.129. The molecule has 0 radical (unpaired) electrons. The molecule has 0 fully saturated rings. The molecular weight excluding hydrogens is 515 g/mol. The molecule has 0 bridgehead atoms.